The highest BCUT2D eigenvalue weighted by Gasteiger charge is 2.33. The molecule has 1 aliphatic heterocycles. The SMILES string of the molecule is COCCCNC(=O)N1Cc2ccccc2-n2cccc2[C@@H]1c1ccccc1C. The van der Waals surface area contributed by atoms with E-state index in [-0.39, 0.29) is 12.1 Å². The number of benzene rings is 2. The van der Waals surface area contributed by atoms with Crippen LogP contribution in [0, 0.1) is 6.92 Å². The van der Waals surface area contributed by atoms with Crippen molar-refractivity contribution in [3.63, 3.8) is 0 Å². The quantitative estimate of drug-likeness (QED) is 0.656. The van der Waals surface area contributed by atoms with Gasteiger partial charge in [0.25, 0.3) is 0 Å². The summed E-state index contributed by atoms with van der Waals surface area (Å²) in [6, 6.07) is 20.6. The van der Waals surface area contributed by atoms with Crippen LogP contribution < -0.4 is 5.32 Å². The van der Waals surface area contributed by atoms with Gasteiger partial charge in [0.2, 0.25) is 0 Å². The summed E-state index contributed by atoms with van der Waals surface area (Å²) in [5.41, 5.74) is 5.67. The van der Waals surface area contributed by atoms with Crippen LogP contribution in [0.25, 0.3) is 5.69 Å². The monoisotopic (exact) mass is 389 g/mol. The molecule has 3 aromatic rings. The molecule has 5 heteroatoms. The Balaban J connectivity index is 1.79. The van der Waals surface area contributed by atoms with Gasteiger partial charge in [-0.25, -0.2) is 4.79 Å². The molecule has 1 atom stereocenters. The van der Waals surface area contributed by atoms with Gasteiger partial charge < -0.3 is 19.5 Å². The Morgan fingerprint density at radius 2 is 1.90 bits per heavy atom. The van der Waals surface area contributed by atoms with Crippen molar-refractivity contribution in [1.82, 2.24) is 14.8 Å². The van der Waals surface area contributed by atoms with Gasteiger partial charge in [-0.2, -0.15) is 0 Å². The summed E-state index contributed by atoms with van der Waals surface area (Å²) in [7, 11) is 1.68. The maximum absolute atomic E-state index is 13.3. The lowest BCUT2D eigenvalue weighted by atomic mass is 9.97. The van der Waals surface area contributed by atoms with Crippen molar-refractivity contribution in [2.75, 3.05) is 20.3 Å². The Labute approximate surface area is 171 Å². The van der Waals surface area contributed by atoms with E-state index >= 15 is 0 Å². The first-order valence-electron chi connectivity index (χ1n) is 10.0. The summed E-state index contributed by atoms with van der Waals surface area (Å²) in [6.07, 6.45) is 2.87. The molecule has 4 rings (SSSR count). The minimum absolute atomic E-state index is 0.0567. The number of aromatic nitrogens is 1. The number of hydrogen-bond acceptors (Lipinski definition) is 2. The van der Waals surface area contributed by atoms with Crippen molar-refractivity contribution in [2.24, 2.45) is 0 Å². The zero-order valence-electron chi connectivity index (χ0n) is 17.0. The van der Waals surface area contributed by atoms with Crippen LogP contribution in [0.4, 0.5) is 4.79 Å². The van der Waals surface area contributed by atoms with Crippen LogP contribution in [0.5, 0.6) is 0 Å². The Morgan fingerprint density at radius 3 is 2.72 bits per heavy atom. The molecule has 0 saturated heterocycles. The summed E-state index contributed by atoms with van der Waals surface area (Å²) in [4.78, 5) is 15.3. The molecule has 29 heavy (non-hydrogen) atoms. The first-order valence-corrected chi connectivity index (χ1v) is 10.0. The molecule has 5 nitrogen and oxygen atoms in total. The number of nitrogens with one attached hydrogen (secondary N) is 1. The largest absolute Gasteiger partial charge is 0.385 e. The fourth-order valence-corrected chi connectivity index (χ4v) is 4.07. The zero-order valence-corrected chi connectivity index (χ0v) is 17.0. The number of rotatable bonds is 5. The molecule has 0 unspecified atom stereocenters. The van der Waals surface area contributed by atoms with E-state index < -0.39 is 0 Å². The Hall–Kier alpha value is -3.05. The highest BCUT2D eigenvalue weighted by molar-refractivity contribution is 5.76. The standard InChI is InChI=1S/C24H27N3O2/c1-18-9-3-5-11-20(18)23-22-13-7-15-26(22)21-12-6-4-10-19(21)17-27(23)24(28)25-14-8-16-29-2/h3-7,9-13,15,23H,8,14,16-17H2,1-2H3,(H,25,28)/t23-/m0/s1. The third kappa shape index (κ3) is 3.78. The topological polar surface area (TPSA) is 46.5 Å². The number of nitrogens with zero attached hydrogens (tertiary/aromatic N) is 2. The highest BCUT2D eigenvalue weighted by atomic mass is 16.5. The number of para-hydroxylation sites is 1. The predicted molar refractivity (Wildman–Crippen MR) is 114 cm³/mol. The smallest absolute Gasteiger partial charge is 0.318 e. The summed E-state index contributed by atoms with van der Waals surface area (Å²) in [6.45, 7) is 3.88. The molecule has 0 bridgehead atoms. The van der Waals surface area contributed by atoms with Crippen LogP contribution in [-0.2, 0) is 11.3 Å². The number of amides is 2. The van der Waals surface area contributed by atoms with E-state index in [0.717, 1.165) is 28.9 Å². The van der Waals surface area contributed by atoms with E-state index in [2.05, 4.69) is 59.4 Å². The van der Waals surface area contributed by atoms with Crippen molar-refractivity contribution in [1.29, 1.82) is 0 Å². The van der Waals surface area contributed by atoms with E-state index in [1.54, 1.807) is 7.11 Å². The van der Waals surface area contributed by atoms with Gasteiger partial charge in [0.1, 0.15) is 6.04 Å². The Bertz CT molecular complexity index is 995. The zero-order chi connectivity index (χ0) is 20.2. The lowest BCUT2D eigenvalue weighted by Crippen LogP contribution is -2.42. The van der Waals surface area contributed by atoms with E-state index in [1.807, 2.05) is 29.2 Å². The van der Waals surface area contributed by atoms with Crippen molar-refractivity contribution < 1.29 is 9.53 Å². The molecule has 2 heterocycles. The van der Waals surface area contributed by atoms with Gasteiger partial charge in [-0.3, -0.25) is 0 Å². The van der Waals surface area contributed by atoms with Gasteiger partial charge in [-0.15, -0.1) is 0 Å². The molecule has 1 aromatic heterocycles. The van der Waals surface area contributed by atoms with Crippen LogP contribution >= 0.6 is 0 Å². The Morgan fingerprint density at radius 1 is 1.10 bits per heavy atom. The Kier molecular flexibility index (Phi) is 5.67. The number of carbonyl (C=O) groups excluding carboxylic acids is 1. The average Bonchev–Trinajstić information content (AvgIpc) is 3.16. The molecular weight excluding hydrogens is 362 g/mol. The molecular formula is C24H27N3O2. The van der Waals surface area contributed by atoms with Crippen LogP contribution in [0.3, 0.4) is 0 Å². The van der Waals surface area contributed by atoms with Gasteiger partial charge in [0, 0.05) is 32.2 Å². The third-order valence-corrected chi connectivity index (χ3v) is 5.51. The molecule has 0 aliphatic carbocycles. The van der Waals surface area contributed by atoms with Crippen LogP contribution in [0.2, 0.25) is 0 Å². The van der Waals surface area contributed by atoms with Crippen molar-refractivity contribution in [3.05, 3.63) is 89.2 Å². The molecule has 2 amide bonds. The normalized spacial score (nSPS) is 15.4. The summed E-state index contributed by atoms with van der Waals surface area (Å²) < 4.78 is 7.32. The van der Waals surface area contributed by atoms with Crippen molar-refractivity contribution in [2.45, 2.75) is 25.9 Å². The summed E-state index contributed by atoms with van der Waals surface area (Å²) in [5.74, 6) is 0. The number of fused-ring (bicyclic) bond motifs is 3. The van der Waals surface area contributed by atoms with Gasteiger partial charge in [-0.05, 0) is 48.2 Å². The number of aryl methyl sites for hydroxylation is 1. The van der Waals surface area contributed by atoms with Gasteiger partial charge in [0.05, 0.1) is 12.2 Å². The van der Waals surface area contributed by atoms with Gasteiger partial charge in [-0.1, -0.05) is 42.5 Å². The average molecular weight is 389 g/mol. The molecule has 0 fully saturated rings. The molecule has 150 valence electrons. The van der Waals surface area contributed by atoms with E-state index in [1.165, 1.54) is 5.56 Å². The lowest BCUT2D eigenvalue weighted by Gasteiger charge is -2.32. The lowest BCUT2D eigenvalue weighted by molar-refractivity contribution is 0.174. The second-order valence-corrected chi connectivity index (χ2v) is 7.40. The van der Waals surface area contributed by atoms with E-state index in [0.29, 0.717) is 19.7 Å². The molecule has 1 N–H and O–H groups in total. The number of urea groups is 1. The van der Waals surface area contributed by atoms with Crippen molar-refractivity contribution in [3.8, 4) is 5.69 Å². The minimum Gasteiger partial charge on any atom is -0.385 e. The fourth-order valence-electron chi connectivity index (χ4n) is 4.07. The van der Waals surface area contributed by atoms with Crippen molar-refractivity contribution >= 4 is 6.03 Å². The molecule has 0 saturated carbocycles. The first-order chi connectivity index (χ1) is 14.2. The van der Waals surface area contributed by atoms with Crippen LogP contribution in [0.15, 0.2) is 66.9 Å². The van der Waals surface area contributed by atoms with Gasteiger partial charge >= 0.3 is 6.03 Å². The van der Waals surface area contributed by atoms with Crippen LogP contribution in [-0.4, -0.2) is 35.8 Å². The third-order valence-electron chi connectivity index (χ3n) is 5.51. The molecule has 2 aromatic carbocycles. The molecule has 0 spiro atoms. The maximum Gasteiger partial charge on any atom is 0.318 e. The van der Waals surface area contributed by atoms with E-state index in [9.17, 15) is 4.79 Å². The molecule has 0 radical (unpaired) electrons. The maximum atomic E-state index is 13.3. The summed E-state index contributed by atoms with van der Waals surface area (Å²) >= 11 is 0. The summed E-state index contributed by atoms with van der Waals surface area (Å²) in [5, 5.41) is 3.09. The van der Waals surface area contributed by atoms with E-state index in [4.69, 9.17) is 4.74 Å². The second-order valence-electron chi connectivity index (χ2n) is 7.40. The number of hydrogen-bond donors (Lipinski definition) is 1. The van der Waals surface area contributed by atoms with Gasteiger partial charge in [0.15, 0.2) is 0 Å². The second kappa shape index (κ2) is 8.53. The highest BCUT2D eigenvalue weighted by Crippen LogP contribution is 2.37. The number of carbonyl (C=O) groups is 1. The predicted octanol–water partition coefficient (Wildman–Crippen LogP) is 4.44. The number of methoxy groups -OCH3 is 1. The van der Waals surface area contributed by atoms with Crippen LogP contribution in [0.1, 0.15) is 34.8 Å². The molecule has 1 aliphatic rings. The minimum atomic E-state index is -0.166. The fraction of sp³-hybridized carbons (Fsp3) is 0.292. The number of ether oxygens (including phenoxy) is 1. The first kappa shape index (κ1) is 19.3.